The molecular weight excluding hydrogens is 1070 g/mol. The van der Waals surface area contributed by atoms with Gasteiger partial charge in [-0.15, -0.1) is 0 Å². The van der Waals surface area contributed by atoms with Gasteiger partial charge < -0.3 is 19.4 Å². The first kappa shape index (κ1) is 82.2. The maximum Gasteiger partial charge on any atom is 0.472 e. The minimum Gasteiger partial charge on any atom is -0.456 e. The molecule has 85 heavy (non-hydrogen) atoms. The van der Waals surface area contributed by atoms with Gasteiger partial charge in [0.05, 0.1) is 33.8 Å². The minimum absolute atomic E-state index is 0.0363. The number of rotatable bonds is 65. The maximum absolute atomic E-state index is 13.6. The van der Waals surface area contributed by atoms with E-state index < -0.39 is 20.0 Å². The van der Waals surface area contributed by atoms with Crippen LogP contribution < -0.4 is 5.32 Å². The van der Waals surface area contributed by atoms with Gasteiger partial charge in [0.15, 0.2) is 0 Å². The Kier molecular flexibility index (Phi) is 62.1. The van der Waals surface area contributed by atoms with E-state index in [1.807, 2.05) is 33.3 Å². The molecule has 0 aromatic carbocycles. The molecule has 3 atom stereocenters. The summed E-state index contributed by atoms with van der Waals surface area (Å²) >= 11 is 0. The number of carbonyl (C=O) groups is 2. The van der Waals surface area contributed by atoms with Crippen molar-refractivity contribution in [3.63, 3.8) is 0 Å². The van der Waals surface area contributed by atoms with Gasteiger partial charge in [-0.3, -0.25) is 18.6 Å². The molecule has 9 nitrogen and oxygen atoms in total. The second-order valence-corrected chi connectivity index (χ2v) is 26.9. The number of amides is 1. The zero-order chi connectivity index (χ0) is 62.1. The molecule has 0 aliphatic heterocycles. The fourth-order valence-electron chi connectivity index (χ4n) is 10.2. The van der Waals surface area contributed by atoms with Crippen molar-refractivity contribution in [1.29, 1.82) is 0 Å². The highest BCUT2D eigenvalue weighted by Gasteiger charge is 2.30. The number of nitrogens with one attached hydrogen (secondary N) is 1. The second-order valence-electron chi connectivity index (χ2n) is 25.4. The molecule has 0 rings (SSSR count). The van der Waals surface area contributed by atoms with E-state index >= 15 is 0 Å². The van der Waals surface area contributed by atoms with Crippen LogP contribution in [0, 0.1) is 0 Å². The third-order valence-electron chi connectivity index (χ3n) is 15.8. The Morgan fingerprint density at radius 3 is 1.09 bits per heavy atom. The van der Waals surface area contributed by atoms with E-state index in [0.29, 0.717) is 17.4 Å². The molecule has 3 unspecified atom stereocenters. The number of quaternary nitrogens is 1. The summed E-state index contributed by atoms with van der Waals surface area (Å²) in [6.45, 7) is 6.98. The molecule has 0 aliphatic rings. The van der Waals surface area contributed by atoms with Gasteiger partial charge in [0.1, 0.15) is 19.3 Å². The zero-order valence-electron chi connectivity index (χ0n) is 56.6. The van der Waals surface area contributed by atoms with E-state index in [9.17, 15) is 19.0 Å². The van der Waals surface area contributed by atoms with Gasteiger partial charge in [0.2, 0.25) is 5.91 Å². The molecular formula is C75H138N2O7P+. The van der Waals surface area contributed by atoms with Crippen molar-refractivity contribution in [2.24, 2.45) is 0 Å². The number of phosphoric acid groups is 1. The fraction of sp³-hybridized carbons (Fsp3) is 0.787. The molecule has 0 fully saturated rings. The standard InChI is InChI=1S/C75H137N2O7P/c1-7-10-13-16-19-22-25-28-30-32-34-36-37-38-39-41-42-44-46-49-52-55-58-61-64-67-74(78)76-72(71-83-85(80,81)82-70-69-77(4,5)6)73(66-63-60-57-54-51-48-27-24-21-18-15-12-9-3)84-75(79)68-65-62-59-56-53-50-47-45-43-40-35-33-31-29-26-23-20-17-14-11-8-2/h19-20,22-23,28-31,34-36,40,63,66,72-73H,7-18,21,24-27,32-33,37-39,41-62,64-65,67-71H2,1-6H3,(H-,76,78,80,81)/p+1/b22-19-,23-20-,30-28-,31-29-,36-34-,40-35-,66-63-. The molecule has 0 radical (unpaired) electrons. The molecule has 494 valence electrons. The monoisotopic (exact) mass is 1210 g/mol. The van der Waals surface area contributed by atoms with Crippen LogP contribution in [0.15, 0.2) is 85.1 Å². The van der Waals surface area contributed by atoms with Gasteiger partial charge in [-0.2, -0.15) is 0 Å². The Morgan fingerprint density at radius 1 is 0.412 bits per heavy atom. The summed E-state index contributed by atoms with van der Waals surface area (Å²) in [4.78, 5) is 37.9. The van der Waals surface area contributed by atoms with Crippen LogP contribution in [0.3, 0.4) is 0 Å². The quantitative estimate of drug-likeness (QED) is 0.0205. The second kappa shape index (κ2) is 64.2. The lowest BCUT2D eigenvalue weighted by atomic mass is 10.0. The average molecular weight is 1210 g/mol. The summed E-state index contributed by atoms with van der Waals surface area (Å²) in [7, 11) is 1.49. The number of ether oxygens (including phenoxy) is 1. The minimum atomic E-state index is -4.46. The number of carbonyl (C=O) groups excluding carboxylic acids is 2. The molecule has 0 spiro atoms. The van der Waals surface area contributed by atoms with Crippen molar-refractivity contribution in [3.05, 3.63) is 85.1 Å². The Balaban J connectivity index is 5.12. The largest absolute Gasteiger partial charge is 0.472 e. The summed E-state index contributed by atoms with van der Waals surface area (Å²) < 4.78 is 30.9. The third-order valence-corrected chi connectivity index (χ3v) is 16.8. The molecule has 0 bridgehead atoms. The van der Waals surface area contributed by atoms with Crippen molar-refractivity contribution < 1.29 is 37.3 Å². The van der Waals surface area contributed by atoms with Crippen LogP contribution in [0.25, 0.3) is 0 Å². The lowest BCUT2D eigenvalue weighted by molar-refractivity contribution is -0.870. The average Bonchev–Trinajstić information content (AvgIpc) is 3.64. The molecule has 0 saturated heterocycles. The summed E-state index contributed by atoms with van der Waals surface area (Å²) in [5.41, 5.74) is 0. The smallest absolute Gasteiger partial charge is 0.456 e. The van der Waals surface area contributed by atoms with Crippen molar-refractivity contribution >= 4 is 19.7 Å². The topological polar surface area (TPSA) is 111 Å². The number of hydrogen-bond acceptors (Lipinski definition) is 6. The predicted octanol–water partition coefficient (Wildman–Crippen LogP) is 22.9. The first-order valence-corrected chi connectivity index (χ1v) is 37.4. The van der Waals surface area contributed by atoms with Crippen molar-refractivity contribution in [3.8, 4) is 0 Å². The number of hydrogen-bond donors (Lipinski definition) is 2. The number of esters is 1. The molecule has 0 heterocycles. The van der Waals surface area contributed by atoms with E-state index in [0.717, 1.165) is 96.3 Å². The number of allylic oxidation sites excluding steroid dienone is 13. The van der Waals surface area contributed by atoms with Gasteiger partial charge in [-0.1, -0.05) is 292 Å². The number of unbranched alkanes of at least 4 members (excludes halogenated alkanes) is 37. The lowest BCUT2D eigenvalue weighted by Crippen LogP contribution is -2.47. The molecule has 2 N–H and O–H groups in total. The first-order chi connectivity index (χ1) is 41.4. The fourth-order valence-corrected chi connectivity index (χ4v) is 11.0. The van der Waals surface area contributed by atoms with Crippen LogP contribution in [0.5, 0.6) is 0 Å². The number of nitrogens with zero attached hydrogens (tertiary/aromatic N) is 1. The van der Waals surface area contributed by atoms with E-state index in [-0.39, 0.29) is 31.5 Å². The SMILES string of the molecule is CCCCC/C=C\C/C=C\C/C=C\CCCCCCCCCCCCCCC(=O)NC(COP(=O)(O)OCC[N+](C)(C)C)C(/C=C\CCCCCCCCCCCCC)OC(=O)CCCCCCCCCC/C=C\C/C=C\C/C=C\CCCCC. The lowest BCUT2D eigenvalue weighted by Gasteiger charge is -2.27. The highest BCUT2D eigenvalue weighted by atomic mass is 31.2. The summed E-state index contributed by atoms with van der Waals surface area (Å²) in [5, 5.41) is 3.07. The Morgan fingerprint density at radius 2 is 0.718 bits per heavy atom. The molecule has 0 aliphatic carbocycles. The summed E-state index contributed by atoms with van der Waals surface area (Å²) in [6.07, 6.45) is 85.8. The van der Waals surface area contributed by atoms with Crippen LogP contribution in [0.4, 0.5) is 0 Å². The molecule has 10 heteroatoms. The van der Waals surface area contributed by atoms with Gasteiger partial charge in [0, 0.05) is 12.8 Å². The number of likely N-dealkylation sites (N-methyl/N-ethyl adjacent to an activating group) is 1. The van der Waals surface area contributed by atoms with E-state index in [1.165, 1.54) is 199 Å². The Bertz CT molecular complexity index is 1730. The van der Waals surface area contributed by atoms with Crippen LogP contribution in [0.2, 0.25) is 0 Å². The van der Waals surface area contributed by atoms with Crippen molar-refractivity contribution in [2.45, 2.75) is 341 Å². The highest BCUT2D eigenvalue weighted by molar-refractivity contribution is 7.47. The third kappa shape index (κ3) is 65.5. The van der Waals surface area contributed by atoms with Crippen LogP contribution in [-0.4, -0.2) is 74.3 Å². The van der Waals surface area contributed by atoms with E-state index in [4.69, 9.17) is 13.8 Å². The normalized spacial score (nSPS) is 14.0. The predicted molar refractivity (Wildman–Crippen MR) is 369 cm³/mol. The maximum atomic E-state index is 13.6. The van der Waals surface area contributed by atoms with E-state index in [1.54, 1.807) is 0 Å². The Labute approximate surface area is 526 Å². The van der Waals surface area contributed by atoms with Gasteiger partial charge >= 0.3 is 13.8 Å². The summed E-state index contributed by atoms with van der Waals surface area (Å²) in [5.74, 6) is -0.508. The molecule has 0 aromatic heterocycles. The van der Waals surface area contributed by atoms with Gasteiger partial charge in [0.25, 0.3) is 0 Å². The van der Waals surface area contributed by atoms with Crippen molar-refractivity contribution in [2.75, 3.05) is 40.9 Å². The Hall–Kier alpha value is -2.81. The first-order valence-electron chi connectivity index (χ1n) is 35.9. The molecule has 1 amide bonds. The van der Waals surface area contributed by atoms with Gasteiger partial charge in [-0.25, -0.2) is 4.57 Å². The number of phosphoric ester groups is 1. The van der Waals surface area contributed by atoms with Crippen LogP contribution in [0.1, 0.15) is 329 Å². The highest BCUT2D eigenvalue weighted by Crippen LogP contribution is 2.43. The molecule has 0 saturated carbocycles. The molecule has 0 aromatic rings. The van der Waals surface area contributed by atoms with Gasteiger partial charge in [-0.05, 0) is 109 Å². The van der Waals surface area contributed by atoms with Crippen molar-refractivity contribution in [1.82, 2.24) is 5.32 Å². The van der Waals surface area contributed by atoms with Crippen LogP contribution >= 0.6 is 7.82 Å². The van der Waals surface area contributed by atoms with Crippen LogP contribution in [-0.2, 0) is 27.9 Å². The summed E-state index contributed by atoms with van der Waals surface area (Å²) in [6, 6.07) is -0.857. The zero-order valence-corrected chi connectivity index (χ0v) is 57.5. The van der Waals surface area contributed by atoms with E-state index in [2.05, 4.69) is 99.0 Å².